The Morgan fingerprint density at radius 3 is 2.74 bits per heavy atom. The van der Waals surface area contributed by atoms with Gasteiger partial charge in [-0.2, -0.15) is 0 Å². The second kappa shape index (κ2) is 5.33. The lowest BCUT2D eigenvalue weighted by Crippen LogP contribution is -2.38. The van der Waals surface area contributed by atoms with Gasteiger partial charge in [0, 0.05) is 25.6 Å². The van der Waals surface area contributed by atoms with Crippen LogP contribution >= 0.6 is 0 Å². The van der Waals surface area contributed by atoms with Crippen molar-refractivity contribution in [1.29, 1.82) is 0 Å². The van der Waals surface area contributed by atoms with E-state index in [1.807, 2.05) is 0 Å². The first kappa shape index (κ1) is 12.7. The van der Waals surface area contributed by atoms with Crippen molar-refractivity contribution in [2.75, 3.05) is 13.6 Å². The highest BCUT2D eigenvalue weighted by Crippen LogP contribution is 2.38. The summed E-state index contributed by atoms with van der Waals surface area (Å²) in [6.45, 7) is 1.89. The number of fused-ring (bicyclic) bond motifs is 1. The topological polar surface area (TPSA) is 32.3 Å². The minimum atomic E-state index is 0.243. The van der Waals surface area contributed by atoms with Crippen LogP contribution in [0.2, 0.25) is 0 Å². The maximum Gasteiger partial charge on any atom is 0.220 e. The fourth-order valence-corrected chi connectivity index (χ4v) is 3.60. The van der Waals surface area contributed by atoms with E-state index in [4.69, 9.17) is 0 Å². The molecule has 0 bridgehead atoms. The van der Waals surface area contributed by atoms with Gasteiger partial charge in [-0.05, 0) is 37.3 Å². The fourth-order valence-electron chi connectivity index (χ4n) is 3.60. The first-order valence-corrected chi connectivity index (χ1v) is 7.23. The summed E-state index contributed by atoms with van der Waals surface area (Å²) in [7, 11) is 2.21. The Morgan fingerprint density at radius 1 is 1.21 bits per heavy atom. The average Bonchev–Trinajstić information content (AvgIpc) is 2.83. The molecule has 0 spiro atoms. The van der Waals surface area contributed by atoms with Crippen molar-refractivity contribution in [1.82, 2.24) is 10.2 Å². The van der Waals surface area contributed by atoms with Crippen molar-refractivity contribution in [3.63, 3.8) is 0 Å². The molecule has 1 N–H and O–H groups in total. The molecule has 3 rings (SSSR count). The van der Waals surface area contributed by atoms with E-state index in [2.05, 4.69) is 47.6 Å². The predicted molar refractivity (Wildman–Crippen MR) is 75.5 cm³/mol. The zero-order chi connectivity index (χ0) is 13.2. The Balaban J connectivity index is 1.60. The fraction of sp³-hybridized carbons (Fsp3) is 0.562. The third kappa shape index (κ3) is 2.81. The summed E-state index contributed by atoms with van der Waals surface area (Å²) in [6, 6.07) is 11.3. The van der Waals surface area contributed by atoms with Crippen LogP contribution in [0.3, 0.4) is 0 Å². The molecule has 3 nitrogen and oxygen atoms in total. The minimum Gasteiger partial charge on any atom is -0.356 e. The van der Waals surface area contributed by atoms with Gasteiger partial charge in [0.15, 0.2) is 0 Å². The van der Waals surface area contributed by atoms with E-state index in [1.54, 1.807) is 0 Å². The highest BCUT2D eigenvalue weighted by Gasteiger charge is 2.39. The van der Waals surface area contributed by atoms with Crippen LogP contribution in [0.4, 0.5) is 0 Å². The SMILES string of the molecule is CN(Cc1ccccc1)C1C[C@H]2CC(=O)NC[C@H]2C1. The molecular weight excluding hydrogens is 236 g/mol. The number of hydrogen-bond acceptors (Lipinski definition) is 2. The average molecular weight is 258 g/mol. The van der Waals surface area contributed by atoms with Crippen LogP contribution in [0.1, 0.15) is 24.8 Å². The first-order valence-electron chi connectivity index (χ1n) is 7.23. The maximum absolute atomic E-state index is 11.4. The lowest BCUT2D eigenvalue weighted by atomic mass is 9.89. The maximum atomic E-state index is 11.4. The second-order valence-corrected chi connectivity index (χ2v) is 6.05. The van der Waals surface area contributed by atoms with Gasteiger partial charge in [0.25, 0.3) is 0 Å². The lowest BCUT2D eigenvalue weighted by Gasteiger charge is -2.24. The Labute approximate surface area is 115 Å². The normalized spacial score (nSPS) is 30.2. The summed E-state index contributed by atoms with van der Waals surface area (Å²) in [4.78, 5) is 13.9. The number of benzene rings is 1. The van der Waals surface area contributed by atoms with Gasteiger partial charge in [0.05, 0.1) is 0 Å². The molecule has 2 fully saturated rings. The summed E-state index contributed by atoms with van der Waals surface area (Å²) in [5.41, 5.74) is 1.37. The van der Waals surface area contributed by atoms with E-state index in [0.717, 1.165) is 19.5 Å². The molecule has 19 heavy (non-hydrogen) atoms. The van der Waals surface area contributed by atoms with Crippen LogP contribution in [0, 0.1) is 11.8 Å². The smallest absolute Gasteiger partial charge is 0.220 e. The Bertz CT molecular complexity index is 445. The quantitative estimate of drug-likeness (QED) is 0.900. The molecule has 1 saturated heterocycles. The monoisotopic (exact) mass is 258 g/mol. The van der Waals surface area contributed by atoms with Crippen molar-refractivity contribution in [2.24, 2.45) is 11.8 Å². The second-order valence-electron chi connectivity index (χ2n) is 6.05. The molecular formula is C16H22N2O. The number of hydrogen-bond donors (Lipinski definition) is 1. The minimum absolute atomic E-state index is 0.243. The Hall–Kier alpha value is -1.35. The van der Waals surface area contributed by atoms with E-state index in [1.165, 1.54) is 18.4 Å². The molecule has 1 aromatic carbocycles. The van der Waals surface area contributed by atoms with Crippen LogP contribution in [0.25, 0.3) is 0 Å². The number of rotatable bonds is 3. The van der Waals surface area contributed by atoms with Crippen LogP contribution in [0.5, 0.6) is 0 Å². The summed E-state index contributed by atoms with van der Waals surface area (Å²) in [5.74, 6) is 1.55. The standard InChI is InChI=1S/C16H22N2O/c1-18(11-12-5-3-2-4-6-12)15-7-13-9-16(19)17-10-14(13)8-15/h2-6,13-15H,7-11H2,1H3,(H,17,19)/t13-,14+,15?/m0/s1. The number of nitrogens with one attached hydrogen (secondary N) is 1. The van der Waals surface area contributed by atoms with Crippen LogP contribution in [-0.2, 0) is 11.3 Å². The molecule has 1 amide bonds. The molecule has 1 unspecified atom stereocenters. The zero-order valence-corrected chi connectivity index (χ0v) is 11.5. The van der Waals surface area contributed by atoms with E-state index >= 15 is 0 Å². The summed E-state index contributed by atoms with van der Waals surface area (Å²) in [5, 5.41) is 3.01. The number of carbonyl (C=O) groups is 1. The van der Waals surface area contributed by atoms with Gasteiger partial charge in [-0.3, -0.25) is 9.69 Å². The predicted octanol–water partition coefficient (Wildman–Crippen LogP) is 2.03. The van der Waals surface area contributed by atoms with E-state index in [0.29, 0.717) is 17.9 Å². The molecule has 102 valence electrons. The van der Waals surface area contributed by atoms with Gasteiger partial charge in [0.1, 0.15) is 0 Å². The molecule has 1 saturated carbocycles. The van der Waals surface area contributed by atoms with Crippen LogP contribution in [0.15, 0.2) is 30.3 Å². The van der Waals surface area contributed by atoms with Crippen molar-refractivity contribution >= 4 is 5.91 Å². The van der Waals surface area contributed by atoms with Crippen molar-refractivity contribution in [3.8, 4) is 0 Å². The van der Waals surface area contributed by atoms with Gasteiger partial charge < -0.3 is 5.32 Å². The van der Waals surface area contributed by atoms with Gasteiger partial charge in [0.2, 0.25) is 5.91 Å². The summed E-state index contributed by atoms with van der Waals surface area (Å²) in [6.07, 6.45) is 3.15. The molecule has 1 aliphatic heterocycles. The van der Waals surface area contributed by atoms with Gasteiger partial charge >= 0.3 is 0 Å². The number of amides is 1. The lowest BCUT2D eigenvalue weighted by molar-refractivity contribution is -0.124. The summed E-state index contributed by atoms with van der Waals surface area (Å²) >= 11 is 0. The highest BCUT2D eigenvalue weighted by atomic mass is 16.1. The van der Waals surface area contributed by atoms with Crippen molar-refractivity contribution in [2.45, 2.75) is 31.8 Å². The molecule has 0 radical (unpaired) electrons. The molecule has 1 aromatic rings. The number of nitrogens with zero attached hydrogens (tertiary/aromatic N) is 1. The Morgan fingerprint density at radius 2 is 1.95 bits per heavy atom. The molecule has 0 aromatic heterocycles. The van der Waals surface area contributed by atoms with Gasteiger partial charge in [-0.1, -0.05) is 30.3 Å². The molecule has 2 aliphatic rings. The highest BCUT2D eigenvalue weighted by molar-refractivity contribution is 5.77. The largest absolute Gasteiger partial charge is 0.356 e. The van der Waals surface area contributed by atoms with Crippen LogP contribution in [-0.4, -0.2) is 30.4 Å². The number of piperidine rings is 1. The third-order valence-corrected chi connectivity index (χ3v) is 4.72. The van der Waals surface area contributed by atoms with Gasteiger partial charge in [-0.15, -0.1) is 0 Å². The number of carbonyl (C=O) groups excluding carboxylic acids is 1. The molecule has 3 atom stereocenters. The molecule has 1 aliphatic carbocycles. The Kier molecular flexibility index (Phi) is 3.56. The van der Waals surface area contributed by atoms with Crippen LogP contribution < -0.4 is 5.32 Å². The molecule has 1 heterocycles. The third-order valence-electron chi connectivity index (χ3n) is 4.72. The first-order chi connectivity index (χ1) is 9.22. The zero-order valence-electron chi connectivity index (χ0n) is 11.5. The summed E-state index contributed by atoms with van der Waals surface area (Å²) < 4.78 is 0. The van der Waals surface area contributed by atoms with Gasteiger partial charge in [-0.25, -0.2) is 0 Å². The van der Waals surface area contributed by atoms with E-state index < -0.39 is 0 Å². The van der Waals surface area contributed by atoms with E-state index in [-0.39, 0.29) is 5.91 Å². The van der Waals surface area contributed by atoms with Crippen molar-refractivity contribution in [3.05, 3.63) is 35.9 Å². The van der Waals surface area contributed by atoms with Crippen molar-refractivity contribution < 1.29 is 4.79 Å². The van der Waals surface area contributed by atoms with E-state index in [9.17, 15) is 4.79 Å². The molecule has 3 heteroatoms.